The van der Waals surface area contributed by atoms with Crippen LogP contribution in [0, 0.1) is 0 Å². The highest BCUT2D eigenvalue weighted by Crippen LogP contribution is 2.23. The zero-order chi connectivity index (χ0) is 16.5. The van der Waals surface area contributed by atoms with E-state index in [0.717, 1.165) is 22.0 Å². The van der Waals surface area contributed by atoms with E-state index in [-0.39, 0.29) is 11.7 Å². The summed E-state index contributed by atoms with van der Waals surface area (Å²) in [6, 6.07) is 14.9. The van der Waals surface area contributed by atoms with Crippen LogP contribution in [0.2, 0.25) is 0 Å². The summed E-state index contributed by atoms with van der Waals surface area (Å²) in [4.78, 5) is 15.4. The molecule has 0 saturated carbocycles. The highest BCUT2D eigenvalue weighted by molar-refractivity contribution is 6.28. The van der Waals surface area contributed by atoms with Gasteiger partial charge in [0, 0.05) is 29.1 Å². The molecule has 4 rings (SSSR count). The van der Waals surface area contributed by atoms with Crippen molar-refractivity contribution in [2.75, 3.05) is 0 Å². The van der Waals surface area contributed by atoms with E-state index in [1.807, 2.05) is 48.7 Å². The second-order valence-corrected chi connectivity index (χ2v) is 5.69. The van der Waals surface area contributed by atoms with E-state index < -0.39 is 0 Å². The molecule has 1 aliphatic rings. The average Bonchev–Trinajstić information content (AvgIpc) is 3.16. The van der Waals surface area contributed by atoms with Crippen molar-refractivity contribution in [3.05, 3.63) is 71.4 Å². The number of nitrogens with one attached hydrogen (secondary N) is 2. The Morgan fingerprint density at radius 1 is 1.08 bits per heavy atom. The first-order chi connectivity index (χ1) is 11.7. The van der Waals surface area contributed by atoms with Gasteiger partial charge in [0.25, 0.3) is 5.91 Å². The third-order valence-corrected chi connectivity index (χ3v) is 4.08. The number of phenolic OH excluding ortho intramolecular Hbond substituents is 1. The average molecular weight is 317 g/mol. The molecular formula is C19H15N3O2. The maximum Gasteiger partial charge on any atom is 0.273 e. The molecule has 3 N–H and O–H groups in total. The molecule has 118 valence electrons. The van der Waals surface area contributed by atoms with Crippen LogP contribution in [0.25, 0.3) is 17.0 Å². The number of hydrogen-bond donors (Lipinski definition) is 3. The minimum absolute atomic E-state index is 0.200. The molecule has 5 nitrogen and oxygen atoms in total. The number of amides is 1. The van der Waals surface area contributed by atoms with Crippen molar-refractivity contribution in [2.24, 2.45) is 5.10 Å². The van der Waals surface area contributed by atoms with Gasteiger partial charge in [0.2, 0.25) is 0 Å². The van der Waals surface area contributed by atoms with E-state index in [4.69, 9.17) is 0 Å². The summed E-state index contributed by atoms with van der Waals surface area (Å²) in [5.74, 6) is 0.0185. The Morgan fingerprint density at radius 2 is 1.88 bits per heavy atom. The van der Waals surface area contributed by atoms with Gasteiger partial charge in [-0.05, 0) is 29.8 Å². The van der Waals surface area contributed by atoms with Gasteiger partial charge >= 0.3 is 0 Å². The molecule has 0 aliphatic carbocycles. The number of phenols is 1. The van der Waals surface area contributed by atoms with Gasteiger partial charge in [0.15, 0.2) is 0 Å². The van der Waals surface area contributed by atoms with Crippen LogP contribution in [-0.2, 0) is 11.2 Å². The van der Waals surface area contributed by atoms with Gasteiger partial charge in [-0.1, -0.05) is 30.3 Å². The van der Waals surface area contributed by atoms with Crippen LogP contribution >= 0.6 is 0 Å². The second-order valence-electron chi connectivity index (χ2n) is 5.69. The lowest BCUT2D eigenvalue weighted by Crippen LogP contribution is -2.13. The number of hydrazone groups is 1. The van der Waals surface area contributed by atoms with Crippen LogP contribution in [0.5, 0.6) is 5.75 Å². The van der Waals surface area contributed by atoms with Gasteiger partial charge in [0.05, 0.1) is 11.3 Å². The molecule has 0 bridgehead atoms. The molecule has 0 saturated heterocycles. The van der Waals surface area contributed by atoms with Crippen LogP contribution in [0.4, 0.5) is 0 Å². The normalized spacial score (nSPS) is 15.8. The highest BCUT2D eigenvalue weighted by atomic mass is 16.3. The minimum Gasteiger partial charge on any atom is -0.508 e. The number of hydrogen-bond acceptors (Lipinski definition) is 3. The fraction of sp³-hybridized carbons (Fsp3) is 0.0526. The zero-order valence-electron chi connectivity index (χ0n) is 12.8. The van der Waals surface area contributed by atoms with Crippen LogP contribution in [0.15, 0.2) is 65.4 Å². The second kappa shape index (κ2) is 5.70. The van der Waals surface area contributed by atoms with E-state index in [9.17, 15) is 9.90 Å². The molecule has 0 atom stereocenters. The highest BCUT2D eigenvalue weighted by Gasteiger charge is 2.23. The Hall–Kier alpha value is -3.34. The van der Waals surface area contributed by atoms with Gasteiger partial charge in [-0.2, -0.15) is 5.10 Å². The number of aromatic amines is 1. The minimum atomic E-state index is -0.200. The summed E-state index contributed by atoms with van der Waals surface area (Å²) >= 11 is 0. The predicted molar refractivity (Wildman–Crippen MR) is 93.7 cm³/mol. The number of carbonyl (C=O) groups excluding carboxylic acids is 1. The number of fused-ring (bicyclic) bond motifs is 1. The fourth-order valence-corrected chi connectivity index (χ4v) is 2.83. The number of para-hydroxylation sites is 1. The van der Waals surface area contributed by atoms with Crippen molar-refractivity contribution in [3.63, 3.8) is 0 Å². The molecule has 3 aromatic rings. The summed E-state index contributed by atoms with van der Waals surface area (Å²) in [5.41, 5.74) is 6.75. The maximum atomic E-state index is 12.1. The molecule has 0 fully saturated rings. The number of carbonyl (C=O) groups is 1. The van der Waals surface area contributed by atoms with Crippen molar-refractivity contribution in [1.82, 2.24) is 10.4 Å². The molecule has 1 aromatic heterocycles. The molecular weight excluding hydrogens is 302 g/mol. The standard InChI is InChI=1S/C19H15N3O2/c23-14-7-5-12(6-8-14)9-18-16(19(24)22-21-18)10-13-11-20-17-4-2-1-3-15(13)17/h1-8,10-11,20,23H,9H2,(H,22,24)/b16-10-. The maximum absolute atomic E-state index is 12.1. The summed E-state index contributed by atoms with van der Waals surface area (Å²) in [6.07, 6.45) is 4.27. The van der Waals surface area contributed by atoms with Gasteiger partial charge in [0.1, 0.15) is 5.75 Å². The van der Waals surface area contributed by atoms with E-state index in [1.54, 1.807) is 12.1 Å². The molecule has 2 aromatic carbocycles. The first-order valence-electron chi connectivity index (χ1n) is 7.64. The van der Waals surface area contributed by atoms with Gasteiger partial charge in [-0.25, -0.2) is 5.43 Å². The van der Waals surface area contributed by atoms with Gasteiger partial charge in [-0.3, -0.25) is 4.79 Å². The van der Waals surface area contributed by atoms with Gasteiger partial charge < -0.3 is 10.1 Å². The lowest BCUT2D eigenvalue weighted by Gasteiger charge is -2.02. The Kier molecular flexibility index (Phi) is 3.39. The molecule has 1 amide bonds. The molecule has 24 heavy (non-hydrogen) atoms. The topological polar surface area (TPSA) is 77.5 Å². The van der Waals surface area contributed by atoms with Crippen LogP contribution in [0.1, 0.15) is 11.1 Å². The Morgan fingerprint density at radius 3 is 2.71 bits per heavy atom. The molecule has 1 aliphatic heterocycles. The number of benzene rings is 2. The Labute approximate surface area is 138 Å². The van der Waals surface area contributed by atoms with Crippen molar-refractivity contribution in [2.45, 2.75) is 6.42 Å². The van der Waals surface area contributed by atoms with E-state index in [1.165, 1.54) is 0 Å². The quantitative estimate of drug-likeness (QED) is 0.649. The summed E-state index contributed by atoms with van der Waals surface area (Å²) < 4.78 is 0. The summed E-state index contributed by atoms with van der Waals surface area (Å²) in [7, 11) is 0. The van der Waals surface area contributed by atoms with E-state index in [2.05, 4.69) is 15.5 Å². The largest absolute Gasteiger partial charge is 0.508 e. The first kappa shape index (κ1) is 14.3. The van der Waals surface area contributed by atoms with E-state index in [0.29, 0.717) is 17.7 Å². The van der Waals surface area contributed by atoms with Crippen molar-refractivity contribution >= 4 is 28.6 Å². The fourth-order valence-electron chi connectivity index (χ4n) is 2.83. The third kappa shape index (κ3) is 2.56. The van der Waals surface area contributed by atoms with Crippen LogP contribution in [-0.4, -0.2) is 21.7 Å². The zero-order valence-corrected chi connectivity index (χ0v) is 12.8. The van der Waals surface area contributed by atoms with Crippen LogP contribution < -0.4 is 5.43 Å². The van der Waals surface area contributed by atoms with Gasteiger partial charge in [-0.15, -0.1) is 0 Å². The first-order valence-corrected chi connectivity index (χ1v) is 7.64. The Bertz CT molecular complexity index is 981. The summed E-state index contributed by atoms with van der Waals surface area (Å²) in [5, 5.41) is 14.6. The van der Waals surface area contributed by atoms with Crippen LogP contribution in [0.3, 0.4) is 0 Å². The van der Waals surface area contributed by atoms with Crippen molar-refractivity contribution in [3.8, 4) is 5.75 Å². The number of nitrogens with zero attached hydrogens (tertiary/aromatic N) is 1. The number of aromatic hydroxyl groups is 1. The smallest absolute Gasteiger partial charge is 0.273 e. The number of rotatable bonds is 3. The lowest BCUT2D eigenvalue weighted by molar-refractivity contribution is -0.116. The predicted octanol–water partition coefficient (Wildman–Crippen LogP) is 2.99. The molecule has 0 radical (unpaired) electrons. The number of aromatic nitrogens is 1. The molecule has 5 heteroatoms. The summed E-state index contributed by atoms with van der Waals surface area (Å²) in [6.45, 7) is 0. The van der Waals surface area contributed by atoms with Crippen molar-refractivity contribution < 1.29 is 9.90 Å². The third-order valence-electron chi connectivity index (χ3n) is 4.08. The SMILES string of the molecule is O=C1NN=C(Cc2ccc(O)cc2)/C1=C/c1c[nH]c2ccccc12. The molecule has 2 heterocycles. The van der Waals surface area contributed by atoms with Crippen molar-refractivity contribution in [1.29, 1.82) is 0 Å². The monoisotopic (exact) mass is 317 g/mol. The molecule has 0 spiro atoms. The number of H-pyrrole nitrogens is 1. The lowest BCUT2D eigenvalue weighted by atomic mass is 10.00. The Balaban J connectivity index is 1.68. The molecule has 0 unspecified atom stereocenters. The van der Waals surface area contributed by atoms with E-state index >= 15 is 0 Å².